The summed E-state index contributed by atoms with van der Waals surface area (Å²) in [5, 5.41) is 11.6. The molecule has 0 spiro atoms. The molecule has 0 fully saturated rings. The number of nitrogens with one attached hydrogen (secondary N) is 1. The normalized spacial score (nSPS) is 10.9. The van der Waals surface area contributed by atoms with E-state index in [2.05, 4.69) is 5.32 Å². The lowest BCUT2D eigenvalue weighted by atomic mass is 10.1. The average Bonchev–Trinajstić information content (AvgIpc) is 2.62. The Kier molecular flexibility index (Phi) is 6.91. The maximum atomic E-state index is 13.5. The minimum Gasteiger partial charge on any atom is -0.356 e. The summed E-state index contributed by atoms with van der Waals surface area (Å²) >= 11 is 0. The first kappa shape index (κ1) is 20.4. The van der Waals surface area contributed by atoms with Gasteiger partial charge in [-0.25, -0.2) is 12.8 Å². The quantitative estimate of drug-likeness (QED) is 0.749. The van der Waals surface area contributed by atoms with Crippen molar-refractivity contribution in [1.82, 2.24) is 5.32 Å². The first-order valence-electron chi connectivity index (χ1n) is 8.29. The highest BCUT2D eigenvalue weighted by atomic mass is 32.2. The molecule has 0 atom stereocenters. The number of carbonyl (C=O) groups is 1. The monoisotopic (exact) mass is 389 g/mol. The summed E-state index contributed by atoms with van der Waals surface area (Å²) in [5.74, 6) is -0.663. The van der Waals surface area contributed by atoms with E-state index in [1.807, 2.05) is 6.07 Å². The number of carbonyl (C=O) groups excluding carboxylic acids is 1. The van der Waals surface area contributed by atoms with E-state index < -0.39 is 10.0 Å². The predicted molar refractivity (Wildman–Crippen MR) is 101 cm³/mol. The van der Waals surface area contributed by atoms with E-state index in [-0.39, 0.29) is 31.2 Å². The van der Waals surface area contributed by atoms with Crippen LogP contribution in [0.5, 0.6) is 0 Å². The number of hydrogen-bond donors (Lipinski definition) is 1. The number of amides is 1. The van der Waals surface area contributed by atoms with Gasteiger partial charge in [-0.15, -0.1) is 0 Å². The van der Waals surface area contributed by atoms with Crippen molar-refractivity contribution in [2.24, 2.45) is 0 Å². The largest absolute Gasteiger partial charge is 0.356 e. The highest BCUT2D eigenvalue weighted by molar-refractivity contribution is 7.92. The summed E-state index contributed by atoms with van der Waals surface area (Å²) in [6.45, 7) is 0.196. The second-order valence-electron chi connectivity index (χ2n) is 5.94. The lowest BCUT2D eigenvalue weighted by Crippen LogP contribution is -2.35. The van der Waals surface area contributed by atoms with E-state index in [1.54, 1.807) is 36.4 Å². The van der Waals surface area contributed by atoms with Gasteiger partial charge in [0.15, 0.2) is 0 Å². The summed E-state index contributed by atoms with van der Waals surface area (Å²) in [6, 6.07) is 14.5. The molecule has 0 unspecified atom stereocenters. The Morgan fingerprint density at radius 1 is 1.22 bits per heavy atom. The molecule has 27 heavy (non-hydrogen) atoms. The van der Waals surface area contributed by atoms with Gasteiger partial charge in [0, 0.05) is 19.5 Å². The molecule has 0 saturated heterocycles. The van der Waals surface area contributed by atoms with Crippen LogP contribution in [-0.4, -0.2) is 33.7 Å². The highest BCUT2D eigenvalue weighted by Gasteiger charge is 2.19. The van der Waals surface area contributed by atoms with Gasteiger partial charge in [-0.2, -0.15) is 5.26 Å². The molecule has 142 valence electrons. The zero-order valence-corrected chi connectivity index (χ0v) is 15.7. The smallest absolute Gasteiger partial charge is 0.232 e. The molecule has 1 amide bonds. The fourth-order valence-electron chi connectivity index (χ4n) is 2.55. The van der Waals surface area contributed by atoms with E-state index in [1.165, 1.54) is 12.1 Å². The van der Waals surface area contributed by atoms with Crippen LogP contribution in [0, 0.1) is 17.1 Å². The summed E-state index contributed by atoms with van der Waals surface area (Å²) in [6.07, 6.45) is 1.33. The topological polar surface area (TPSA) is 90.3 Å². The number of nitriles is 1. The average molecular weight is 389 g/mol. The molecule has 2 aromatic rings. The molecule has 2 aromatic carbocycles. The zero-order chi connectivity index (χ0) is 19.9. The summed E-state index contributed by atoms with van der Waals surface area (Å²) in [4.78, 5) is 12.0. The molecule has 0 aliphatic rings. The Morgan fingerprint density at radius 2 is 1.96 bits per heavy atom. The molecule has 1 N–H and O–H groups in total. The fraction of sp³-hybridized carbons (Fsp3) is 0.263. The molecule has 0 bridgehead atoms. The van der Waals surface area contributed by atoms with Crippen LogP contribution in [0.1, 0.15) is 17.5 Å². The van der Waals surface area contributed by atoms with Crippen molar-refractivity contribution >= 4 is 21.6 Å². The molecule has 8 heteroatoms. The van der Waals surface area contributed by atoms with Crippen LogP contribution in [0.2, 0.25) is 0 Å². The number of benzene rings is 2. The van der Waals surface area contributed by atoms with Crippen molar-refractivity contribution in [2.45, 2.75) is 12.8 Å². The molecular formula is C19H20FN3O3S. The Morgan fingerprint density at radius 3 is 2.63 bits per heavy atom. The van der Waals surface area contributed by atoms with Crippen LogP contribution in [0.15, 0.2) is 48.5 Å². The van der Waals surface area contributed by atoms with Crippen molar-refractivity contribution < 1.29 is 17.6 Å². The lowest BCUT2D eigenvalue weighted by molar-refractivity contribution is -0.120. The molecule has 2 rings (SSSR count). The van der Waals surface area contributed by atoms with Crippen LogP contribution in [0.4, 0.5) is 10.1 Å². The molecule has 0 aromatic heterocycles. The number of hydrogen-bond acceptors (Lipinski definition) is 4. The number of anilines is 1. The third-order valence-corrected chi connectivity index (χ3v) is 5.07. The fourth-order valence-corrected chi connectivity index (χ4v) is 3.47. The SMILES string of the molecule is CS(=O)(=O)N(CCC(=O)NCCc1ccccc1F)c1cccc(C#N)c1. The molecule has 0 saturated carbocycles. The second kappa shape index (κ2) is 9.14. The molecule has 0 heterocycles. The molecule has 6 nitrogen and oxygen atoms in total. The Bertz CT molecular complexity index is 955. The van der Waals surface area contributed by atoms with Gasteiger partial charge in [0.05, 0.1) is 23.6 Å². The standard InChI is InChI=1S/C19H20FN3O3S/c1-27(25,26)23(17-7-4-5-15(13-17)14-21)12-10-19(24)22-11-9-16-6-2-3-8-18(16)20/h2-8,13H,9-12H2,1H3,(H,22,24). The first-order chi connectivity index (χ1) is 12.8. The summed E-state index contributed by atoms with van der Waals surface area (Å²) in [7, 11) is -3.61. The van der Waals surface area contributed by atoms with Crippen LogP contribution in [0.25, 0.3) is 0 Å². The van der Waals surface area contributed by atoms with E-state index in [0.717, 1.165) is 10.6 Å². The molecular weight excluding hydrogens is 369 g/mol. The van der Waals surface area contributed by atoms with Crippen molar-refractivity contribution in [3.8, 4) is 6.07 Å². The Labute approximate surface area is 158 Å². The van der Waals surface area contributed by atoms with Gasteiger partial charge in [-0.1, -0.05) is 24.3 Å². The minimum atomic E-state index is -3.61. The maximum Gasteiger partial charge on any atom is 0.232 e. The predicted octanol–water partition coefficient (Wildman–Crippen LogP) is 2.21. The molecule has 0 aliphatic carbocycles. The van der Waals surface area contributed by atoms with Gasteiger partial charge < -0.3 is 5.32 Å². The van der Waals surface area contributed by atoms with Gasteiger partial charge in [0.1, 0.15) is 5.82 Å². The van der Waals surface area contributed by atoms with Gasteiger partial charge >= 0.3 is 0 Å². The maximum absolute atomic E-state index is 13.5. The highest BCUT2D eigenvalue weighted by Crippen LogP contribution is 2.19. The van der Waals surface area contributed by atoms with E-state index in [0.29, 0.717) is 23.2 Å². The van der Waals surface area contributed by atoms with Crippen LogP contribution < -0.4 is 9.62 Å². The van der Waals surface area contributed by atoms with Gasteiger partial charge in [-0.3, -0.25) is 9.10 Å². The van der Waals surface area contributed by atoms with Crippen molar-refractivity contribution in [2.75, 3.05) is 23.7 Å². The Hall–Kier alpha value is -2.92. The van der Waals surface area contributed by atoms with Crippen LogP contribution in [0.3, 0.4) is 0 Å². The zero-order valence-electron chi connectivity index (χ0n) is 14.9. The number of nitrogens with zero attached hydrogens (tertiary/aromatic N) is 2. The van der Waals surface area contributed by atoms with Gasteiger partial charge in [0.25, 0.3) is 0 Å². The summed E-state index contributed by atoms with van der Waals surface area (Å²) in [5.41, 5.74) is 1.16. The van der Waals surface area contributed by atoms with Gasteiger partial charge in [-0.05, 0) is 36.2 Å². The van der Waals surface area contributed by atoms with E-state index in [9.17, 15) is 17.6 Å². The van der Waals surface area contributed by atoms with Crippen LogP contribution >= 0.6 is 0 Å². The molecule has 0 radical (unpaired) electrons. The van der Waals surface area contributed by atoms with Crippen molar-refractivity contribution in [3.05, 3.63) is 65.5 Å². The van der Waals surface area contributed by atoms with Gasteiger partial charge in [0.2, 0.25) is 15.9 Å². The third-order valence-electron chi connectivity index (χ3n) is 3.88. The lowest BCUT2D eigenvalue weighted by Gasteiger charge is -2.22. The van der Waals surface area contributed by atoms with E-state index >= 15 is 0 Å². The number of halogens is 1. The Balaban J connectivity index is 1.94. The first-order valence-corrected chi connectivity index (χ1v) is 10.1. The number of rotatable bonds is 8. The second-order valence-corrected chi connectivity index (χ2v) is 7.85. The van der Waals surface area contributed by atoms with Crippen LogP contribution in [-0.2, 0) is 21.2 Å². The van der Waals surface area contributed by atoms with Crippen molar-refractivity contribution in [1.29, 1.82) is 5.26 Å². The van der Waals surface area contributed by atoms with E-state index in [4.69, 9.17) is 5.26 Å². The molecule has 0 aliphatic heterocycles. The minimum absolute atomic E-state index is 0.0544. The van der Waals surface area contributed by atoms with Crippen molar-refractivity contribution in [3.63, 3.8) is 0 Å². The third kappa shape index (κ3) is 6.08. The summed E-state index contributed by atoms with van der Waals surface area (Å²) < 4.78 is 38.7. The number of sulfonamides is 1.